The maximum atomic E-state index is 14.3. The molecule has 5 heterocycles. The summed E-state index contributed by atoms with van der Waals surface area (Å²) in [5.74, 6) is 1.78. The second kappa shape index (κ2) is 12.7. The molecule has 4 aromatic rings. The van der Waals surface area contributed by atoms with Crippen LogP contribution in [0.25, 0.3) is 10.3 Å². The fourth-order valence-corrected chi connectivity index (χ4v) is 6.29. The molecule has 0 aliphatic carbocycles. The molecular weight excluding hydrogens is 559 g/mol. The van der Waals surface area contributed by atoms with Gasteiger partial charge in [-0.05, 0) is 37.1 Å². The number of imidazole rings is 1. The van der Waals surface area contributed by atoms with E-state index in [9.17, 15) is 9.50 Å². The van der Waals surface area contributed by atoms with Crippen molar-refractivity contribution in [2.45, 2.75) is 44.9 Å². The smallest absolute Gasteiger partial charge is 0.215 e. The van der Waals surface area contributed by atoms with Crippen molar-refractivity contribution in [1.29, 1.82) is 5.26 Å². The van der Waals surface area contributed by atoms with E-state index in [1.165, 1.54) is 24.5 Å². The summed E-state index contributed by atoms with van der Waals surface area (Å²) in [7, 11) is 1.49. The summed E-state index contributed by atoms with van der Waals surface area (Å²) in [5.41, 5.74) is 1.66. The molecule has 2 aliphatic rings. The van der Waals surface area contributed by atoms with Crippen molar-refractivity contribution in [3.63, 3.8) is 0 Å². The Morgan fingerprint density at radius 2 is 2.07 bits per heavy atom. The quantitative estimate of drug-likeness (QED) is 0.271. The second-order valence-electron chi connectivity index (χ2n) is 10.5. The van der Waals surface area contributed by atoms with Crippen LogP contribution in [0.3, 0.4) is 0 Å². The van der Waals surface area contributed by atoms with Crippen LogP contribution in [0.4, 0.5) is 10.2 Å². The van der Waals surface area contributed by atoms with Crippen molar-refractivity contribution in [1.82, 2.24) is 19.4 Å². The summed E-state index contributed by atoms with van der Waals surface area (Å²) in [6, 6.07) is 13.9. The van der Waals surface area contributed by atoms with Crippen LogP contribution in [0.15, 0.2) is 42.5 Å². The Balaban J connectivity index is 1.11. The third-order valence-electron chi connectivity index (χ3n) is 7.74. The van der Waals surface area contributed by atoms with Gasteiger partial charge in [0, 0.05) is 51.5 Å². The van der Waals surface area contributed by atoms with Crippen molar-refractivity contribution in [2.75, 3.05) is 44.8 Å². The number of anilines is 1. The number of nitrogens with zero attached hydrogens (tertiary/aromatic N) is 6. The van der Waals surface area contributed by atoms with Gasteiger partial charge in [0.15, 0.2) is 6.29 Å². The van der Waals surface area contributed by atoms with Crippen molar-refractivity contribution in [3.8, 4) is 11.9 Å². The first-order valence-corrected chi connectivity index (χ1v) is 14.9. The SMILES string of the molecule is COC(O)c1cc2c(nc(CN3CCCN(c4cccc(OCc5ccc(C#N)cc5F)n4)CC3)n2C[C@@H]2CCO2)s1. The molecule has 3 aromatic heterocycles. The van der Waals surface area contributed by atoms with Gasteiger partial charge in [-0.15, -0.1) is 11.3 Å². The third kappa shape index (κ3) is 6.25. The zero-order valence-corrected chi connectivity index (χ0v) is 24.2. The average molecular weight is 593 g/mol. The lowest BCUT2D eigenvalue weighted by molar-refractivity contribution is -0.0743. The zero-order chi connectivity index (χ0) is 29.1. The van der Waals surface area contributed by atoms with E-state index in [2.05, 4.69) is 14.4 Å². The van der Waals surface area contributed by atoms with Gasteiger partial charge in [0.25, 0.3) is 0 Å². The Morgan fingerprint density at radius 3 is 2.83 bits per heavy atom. The number of aliphatic hydroxyl groups is 1. The van der Waals surface area contributed by atoms with E-state index in [1.54, 1.807) is 18.2 Å². The van der Waals surface area contributed by atoms with Gasteiger partial charge in [0.1, 0.15) is 28.9 Å². The average Bonchev–Trinajstić information content (AvgIpc) is 3.43. The van der Waals surface area contributed by atoms with Crippen LogP contribution in [0.2, 0.25) is 0 Å². The lowest BCUT2D eigenvalue weighted by Crippen LogP contribution is -2.34. The number of thiophene rings is 1. The number of rotatable bonds is 10. The molecule has 2 fully saturated rings. The molecule has 42 heavy (non-hydrogen) atoms. The molecule has 2 aliphatic heterocycles. The molecule has 1 aromatic carbocycles. The third-order valence-corrected chi connectivity index (χ3v) is 8.78. The number of ether oxygens (including phenoxy) is 3. The highest BCUT2D eigenvalue weighted by molar-refractivity contribution is 7.18. The molecule has 0 amide bonds. The van der Waals surface area contributed by atoms with E-state index in [4.69, 9.17) is 29.4 Å². The number of nitriles is 1. The lowest BCUT2D eigenvalue weighted by Gasteiger charge is -2.28. The first-order valence-electron chi connectivity index (χ1n) is 14.1. The molecule has 10 nitrogen and oxygen atoms in total. The van der Waals surface area contributed by atoms with Gasteiger partial charge in [0.05, 0.1) is 41.2 Å². The van der Waals surface area contributed by atoms with E-state index in [0.717, 1.165) is 85.6 Å². The highest BCUT2D eigenvalue weighted by Crippen LogP contribution is 2.32. The monoisotopic (exact) mass is 592 g/mol. The van der Waals surface area contributed by atoms with Crippen LogP contribution >= 0.6 is 11.3 Å². The summed E-state index contributed by atoms with van der Waals surface area (Å²) in [5, 5.41) is 19.1. The number of aliphatic hydroxyl groups excluding tert-OH is 1. The van der Waals surface area contributed by atoms with E-state index in [-0.39, 0.29) is 18.3 Å². The minimum Gasteiger partial charge on any atom is -0.473 e. The van der Waals surface area contributed by atoms with Gasteiger partial charge in [-0.25, -0.2) is 9.37 Å². The second-order valence-corrected chi connectivity index (χ2v) is 11.6. The van der Waals surface area contributed by atoms with Gasteiger partial charge in [-0.3, -0.25) is 4.90 Å². The largest absolute Gasteiger partial charge is 0.473 e. The molecule has 2 atom stereocenters. The van der Waals surface area contributed by atoms with E-state index in [0.29, 0.717) is 11.4 Å². The van der Waals surface area contributed by atoms with Crippen LogP contribution in [-0.4, -0.2) is 70.5 Å². The maximum absolute atomic E-state index is 14.3. The molecular formula is C30H33FN6O4S. The van der Waals surface area contributed by atoms with Crippen LogP contribution < -0.4 is 9.64 Å². The Labute approximate surface area is 247 Å². The van der Waals surface area contributed by atoms with Crippen LogP contribution in [0, 0.1) is 17.1 Å². The minimum atomic E-state index is -0.952. The van der Waals surface area contributed by atoms with E-state index >= 15 is 0 Å². The predicted molar refractivity (Wildman–Crippen MR) is 156 cm³/mol. The molecule has 0 radical (unpaired) electrons. The Hall–Kier alpha value is -3.60. The molecule has 1 unspecified atom stereocenters. The van der Waals surface area contributed by atoms with E-state index < -0.39 is 12.1 Å². The van der Waals surface area contributed by atoms with Gasteiger partial charge in [-0.2, -0.15) is 10.2 Å². The summed E-state index contributed by atoms with van der Waals surface area (Å²) in [6.07, 6.45) is 1.24. The van der Waals surface area contributed by atoms with Crippen molar-refractivity contribution in [2.24, 2.45) is 0 Å². The molecule has 0 saturated carbocycles. The molecule has 12 heteroatoms. The van der Waals surface area contributed by atoms with Gasteiger partial charge in [-0.1, -0.05) is 12.1 Å². The molecule has 6 rings (SSSR count). The summed E-state index contributed by atoms with van der Waals surface area (Å²) in [4.78, 5) is 16.0. The zero-order valence-electron chi connectivity index (χ0n) is 23.4. The van der Waals surface area contributed by atoms with Crippen LogP contribution in [0.1, 0.15) is 41.0 Å². The van der Waals surface area contributed by atoms with Crippen molar-refractivity contribution < 1.29 is 23.7 Å². The standard InChI is InChI=1S/C30H33FN6O4S/c1-39-30(38)25-15-24-29(42-25)34-27(37(24)17-22-8-13-40-22)18-35-9-3-10-36(12-11-35)26-4-2-5-28(33-26)41-19-21-7-6-20(16-32)14-23(21)31/h2,4-7,14-15,22,30,38H,3,8-13,17-19H2,1H3/t22-,30?/m0/s1. The predicted octanol–water partition coefficient (Wildman–Crippen LogP) is 4.22. The molecule has 0 bridgehead atoms. The maximum Gasteiger partial charge on any atom is 0.215 e. The number of halogens is 1. The molecule has 2 saturated heterocycles. The fourth-order valence-electron chi connectivity index (χ4n) is 5.28. The number of hydrogen-bond donors (Lipinski definition) is 1. The summed E-state index contributed by atoms with van der Waals surface area (Å²) >= 11 is 1.46. The van der Waals surface area contributed by atoms with Gasteiger partial charge >= 0.3 is 0 Å². The molecule has 1 N–H and O–H groups in total. The highest BCUT2D eigenvalue weighted by Gasteiger charge is 2.25. The Morgan fingerprint density at radius 1 is 1.19 bits per heavy atom. The normalized spacial score (nSPS) is 18.4. The van der Waals surface area contributed by atoms with E-state index in [1.807, 2.05) is 24.3 Å². The Kier molecular flexibility index (Phi) is 8.64. The van der Waals surface area contributed by atoms with Crippen molar-refractivity contribution in [3.05, 3.63) is 70.1 Å². The minimum absolute atomic E-state index is 0.0314. The van der Waals surface area contributed by atoms with Crippen LogP contribution in [-0.2, 0) is 29.2 Å². The topological polar surface area (TPSA) is 109 Å². The van der Waals surface area contributed by atoms with Gasteiger partial charge < -0.3 is 28.8 Å². The summed E-state index contributed by atoms with van der Waals surface area (Å²) < 4.78 is 33.2. The number of aromatic nitrogens is 3. The summed E-state index contributed by atoms with van der Waals surface area (Å²) in [6.45, 7) is 5.72. The molecule has 0 spiro atoms. The fraction of sp³-hybridized carbons (Fsp3) is 0.433. The number of methoxy groups -OCH3 is 1. The lowest BCUT2D eigenvalue weighted by atomic mass is 10.1. The number of hydrogen-bond acceptors (Lipinski definition) is 10. The number of pyridine rings is 1. The van der Waals surface area contributed by atoms with Crippen molar-refractivity contribution >= 4 is 27.5 Å². The number of fused-ring (bicyclic) bond motifs is 1. The first-order chi connectivity index (χ1) is 20.5. The van der Waals surface area contributed by atoms with Gasteiger partial charge in [0.2, 0.25) is 5.88 Å². The highest BCUT2D eigenvalue weighted by atomic mass is 32.1. The molecule has 220 valence electrons. The number of benzene rings is 1. The van der Waals surface area contributed by atoms with Crippen LogP contribution in [0.5, 0.6) is 5.88 Å². The Bertz CT molecular complexity index is 1580. The first kappa shape index (κ1) is 28.5.